The summed E-state index contributed by atoms with van der Waals surface area (Å²) in [4.78, 5) is 9.18. The van der Waals surface area contributed by atoms with Gasteiger partial charge in [0.15, 0.2) is 0 Å². The van der Waals surface area contributed by atoms with E-state index in [9.17, 15) is 0 Å². The van der Waals surface area contributed by atoms with Gasteiger partial charge < -0.3 is 9.26 Å². The van der Waals surface area contributed by atoms with E-state index in [2.05, 4.69) is 29.1 Å². The highest BCUT2D eigenvalue weighted by Crippen LogP contribution is 2.29. The minimum Gasteiger partial charge on any atom is -0.496 e. The molecule has 29 heavy (non-hydrogen) atoms. The maximum absolute atomic E-state index is 5.41. The summed E-state index contributed by atoms with van der Waals surface area (Å²) in [6, 6.07) is 17.6. The van der Waals surface area contributed by atoms with E-state index in [0.29, 0.717) is 28.4 Å². The van der Waals surface area contributed by atoms with Crippen LogP contribution >= 0.6 is 11.8 Å². The predicted molar refractivity (Wildman–Crippen MR) is 111 cm³/mol. The third-order valence-corrected chi connectivity index (χ3v) is 5.09. The Hall–Kier alpha value is -3.13. The SMILES string of the molecule is COc1ccccc1-c1noc(CSc2nc(C(C)C)n(-c3ccccc3)n2)n1. The topological polar surface area (TPSA) is 78.9 Å². The second kappa shape index (κ2) is 8.48. The Labute approximate surface area is 173 Å². The van der Waals surface area contributed by atoms with E-state index in [4.69, 9.17) is 14.2 Å². The average molecular weight is 407 g/mol. The minimum absolute atomic E-state index is 0.248. The Morgan fingerprint density at radius 1 is 1.03 bits per heavy atom. The van der Waals surface area contributed by atoms with Crippen molar-refractivity contribution in [3.05, 3.63) is 66.3 Å². The molecule has 0 N–H and O–H groups in total. The van der Waals surface area contributed by atoms with Gasteiger partial charge in [0.2, 0.25) is 16.9 Å². The van der Waals surface area contributed by atoms with Gasteiger partial charge in [0.1, 0.15) is 11.6 Å². The number of ether oxygens (including phenoxy) is 1. The Morgan fingerprint density at radius 2 is 1.79 bits per heavy atom. The largest absolute Gasteiger partial charge is 0.496 e. The van der Waals surface area contributed by atoms with Crippen LogP contribution in [0.15, 0.2) is 64.3 Å². The van der Waals surface area contributed by atoms with Gasteiger partial charge in [-0.15, -0.1) is 5.10 Å². The molecule has 0 atom stereocenters. The van der Waals surface area contributed by atoms with Crippen molar-refractivity contribution in [1.82, 2.24) is 24.9 Å². The van der Waals surface area contributed by atoms with Gasteiger partial charge in [-0.05, 0) is 24.3 Å². The number of rotatable bonds is 7. The molecule has 7 nitrogen and oxygen atoms in total. The molecule has 148 valence electrons. The number of aromatic nitrogens is 5. The van der Waals surface area contributed by atoms with Crippen LogP contribution < -0.4 is 4.74 Å². The van der Waals surface area contributed by atoms with Gasteiger partial charge >= 0.3 is 0 Å². The van der Waals surface area contributed by atoms with E-state index in [1.54, 1.807) is 7.11 Å². The lowest BCUT2D eigenvalue weighted by Gasteiger charge is -2.07. The van der Waals surface area contributed by atoms with Crippen molar-refractivity contribution in [3.63, 3.8) is 0 Å². The standard InChI is InChI=1S/C21H21N5O2S/c1-14(2)20-23-21(24-26(20)15-9-5-4-6-10-15)29-13-18-22-19(25-28-18)16-11-7-8-12-17(16)27-3/h4-12,14H,13H2,1-3H3. The third kappa shape index (κ3) is 4.17. The summed E-state index contributed by atoms with van der Waals surface area (Å²) in [5.74, 6) is 3.37. The van der Waals surface area contributed by atoms with Crippen LogP contribution in [0.5, 0.6) is 5.75 Å². The van der Waals surface area contributed by atoms with Gasteiger partial charge in [0, 0.05) is 5.92 Å². The zero-order valence-electron chi connectivity index (χ0n) is 16.4. The van der Waals surface area contributed by atoms with Gasteiger partial charge in [0.25, 0.3) is 0 Å². The van der Waals surface area contributed by atoms with E-state index < -0.39 is 0 Å². The smallest absolute Gasteiger partial charge is 0.237 e. The Morgan fingerprint density at radius 3 is 2.55 bits per heavy atom. The maximum atomic E-state index is 5.41. The van der Waals surface area contributed by atoms with Gasteiger partial charge in [-0.3, -0.25) is 0 Å². The van der Waals surface area contributed by atoms with Crippen LogP contribution in [0.25, 0.3) is 17.1 Å². The van der Waals surface area contributed by atoms with E-state index in [0.717, 1.165) is 17.1 Å². The van der Waals surface area contributed by atoms with Gasteiger partial charge in [-0.1, -0.05) is 61.1 Å². The zero-order chi connectivity index (χ0) is 20.2. The average Bonchev–Trinajstić information content (AvgIpc) is 3.40. The summed E-state index contributed by atoms with van der Waals surface area (Å²) in [6.07, 6.45) is 0. The molecule has 0 radical (unpaired) electrons. The van der Waals surface area contributed by atoms with E-state index in [-0.39, 0.29) is 5.92 Å². The molecule has 0 aliphatic heterocycles. The van der Waals surface area contributed by atoms with E-state index in [1.165, 1.54) is 11.8 Å². The monoisotopic (exact) mass is 407 g/mol. The molecule has 0 unspecified atom stereocenters. The fourth-order valence-corrected chi connectivity index (χ4v) is 3.54. The fraction of sp³-hybridized carbons (Fsp3) is 0.238. The van der Waals surface area contributed by atoms with Crippen molar-refractivity contribution in [2.24, 2.45) is 0 Å². The molecule has 0 saturated heterocycles. The molecule has 4 rings (SSSR count). The number of hydrogen-bond acceptors (Lipinski definition) is 7. The first-order chi connectivity index (χ1) is 14.2. The molecule has 0 bridgehead atoms. The predicted octanol–water partition coefficient (Wildman–Crippen LogP) is 4.74. The van der Waals surface area contributed by atoms with Crippen LogP contribution in [0.3, 0.4) is 0 Å². The molecule has 0 fully saturated rings. The van der Waals surface area contributed by atoms with Crippen LogP contribution in [0.1, 0.15) is 31.5 Å². The van der Waals surface area contributed by atoms with E-state index >= 15 is 0 Å². The van der Waals surface area contributed by atoms with Crippen molar-refractivity contribution in [2.45, 2.75) is 30.7 Å². The lowest BCUT2D eigenvalue weighted by Crippen LogP contribution is -2.04. The van der Waals surface area contributed by atoms with Gasteiger partial charge in [-0.2, -0.15) is 4.98 Å². The van der Waals surface area contributed by atoms with Crippen molar-refractivity contribution in [1.29, 1.82) is 0 Å². The van der Waals surface area contributed by atoms with E-state index in [1.807, 2.05) is 59.3 Å². The summed E-state index contributed by atoms with van der Waals surface area (Å²) in [5.41, 5.74) is 1.79. The first-order valence-electron chi connectivity index (χ1n) is 9.27. The van der Waals surface area contributed by atoms with Gasteiger partial charge in [-0.25, -0.2) is 9.67 Å². The second-order valence-electron chi connectivity index (χ2n) is 6.66. The quantitative estimate of drug-likeness (QED) is 0.409. The molecule has 0 spiro atoms. The maximum Gasteiger partial charge on any atom is 0.237 e. The first-order valence-corrected chi connectivity index (χ1v) is 10.3. The fourth-order valence-electron chi connectivity index (χ4n) is 2.88. The number of thioether (sulfide) groups is 1. The van der Waals surface area contributed by atoms with Crippen LogP contribution in [-0.4, -0.2) is 32.0 Å². The Bertz CT molecular complexity index is 1090. The number of nitrogens with zero attached hydrogens (tertiary/aromatic N) is 5. The molecule has 0 aliphatic carbocycles. The molecule has 0 saturated carbocycles. The number of benzene rings is 2. The molecule has 0 amide bonds. The summed E-state index contributed by atoms with van der Waals surface area (Å²) >= 11 is 1.47. The van der Waals surface area contributed by atoms with Gasteiger partial charge in [0.05, 0.1) is 24.1 Å². The molecule has 8 heteroatoms. The molecule has 2 aromatic carbocycles. The molecule has 2 aromatic heterocycles. The zero-order valence-corrected chi connectivity index (χ0v) is 17.3. The highest BCUT2D eigenvalue weighted by Gasteiger charge is 2.17. The number of hydrogen-bond donors (Lipinski definition) is 0. The molecule has 0 aliphatic rings. The molecule has 4 aromatic rings. The molecule has 2 heterocycles. The highest BCUT2D eigenvalue weighted by molar-refractivity contribution is 7.98. The summed E-state index contributed by atoms with van der Waals surface area (Å²) in [6.45, 7) is 4.21. The van der Waals surface area contributed by atoms with Crippen molar-refractivity contribution < 1.29 is 9.26 Å². The van der Waals surface area contributed by atoms with Crippen LogP contribution in [0.2, 0.25) is 0 Å². The molecular weight excluding hydrogens is 386 g/mol. The van der Waals surface area contributed by atoms with Crippen LogP contribution in [-0.2, 0) is 5.75 Å². The lowest BCUT2D eigenvalue weighted by atomic mass is 10.2. The lowest BCUT2D eigenvalue weighted by molar-refractivity contribution is 0.390. The third-order valence-electron chi connectivity index (χ3n) is 4.27. The first kappa shape index (κ1) is 19.2. The summed E-state index contributed by atoms with van der Waals surface area (Å²) in [7, 11) is 1.62. The second-order valence-corrected chi connectivity index (χ2v) is 7.60. The highest BCUT2D eigenvalue weighted by atomic mass is 32.2. The Balaban J connectivity index is 1.52. The van der Waals surface area contributed by atoms with Crippen LogP contribution in [0, 0.1) is 0 Å². The Kier molecular flexibility index (Phi) is 5.62. The van der Waals surface area contributed by atoms with Crippen molar-refractivity contribution in [2.75, 3.05) is 7.11 Å². The normalized spacial score (nSPS) is 11.2. The van der Waals surface area contributed by atoms with Crippen LogP contribution in [0.4, 0.5) is 0 Å². The number of methoxy groups -OCH3 is 1. The molecular formula is C21H21N5O2S. The summed E-state index contributed by atoms with van der Waals surface area (Å²) in [5, 5.41) is 9.42. The number of para-hydroxylation sites is 2. The van der Waals surface area contributed by atoms with Crippen molar-refractivity contribution in [3.8, 4) is 22.8 Å². The minimum atomic E-state index is 0.248. The van der Waals surface area contributed by atoms with Crippen molar-refractivity contribution >= 4 is 11.8 Å². The summed E-state index contributed by atoms with van der Waals surface area (Å²) < 4.78 is 12.7.